The Morgan fingerprint density at radius 3 is 2.37 bits per heavy atom. The Morgan fingerprint density at radius 1 is 0.930 bits per heavy atom. The maximum atomic E-state index is 12.9. The fourth-order valence-corrected chi connectivity index (χ4v) is 5.97. The van der Waals surface area contributed by atoms with Crippen LogP contribution in [0.2, 0.25) is 0 Å². The van der Waals surface area contributed by atoms with Crippen molar-refractivity contribution >= 4 is 22.9 Å². The number of amides is 1. The van der Waals surface area contributed by atoms with Crippen molar-refractivity contribution in [1.29, 1.82) is 0 Å². The van der Waals surface area contributed by atoms with Crippen LogP contribution in [-0.4, -0.2) is 56.3 Å². The van der Waals surface area contributed by atoms with E-state index in [1.165, 1.54) is 6.33 Å². The van der Waals surface area contributed by atoms with Crippen LogP contribution in [-0.2, 0) is 27.4 Å². The lowest BCUT2D eigenvalue weighted by atomic mass is 9.87. The van der Waals surface area contributed by atoms with Crippen molar-refractivity contribution in [2.75, 3.05) is 18.5 Å². The smallest absolute Gasteiger partial charge is 0.256 e. The van der Waals surface area contributed by atoms with Crippen LogP contribution < -0.4 is 10.6 Å². The highest BCUT2D eigenvalue weighted by Crippen LogP contribution is 2.45. The number of rotatable bonds is 10. The third-order valence-corrected chi connectivity index (χ3v) is 8.07. The Hall–Kier alpha value is -4.48. The molecule has 0 aliphatic carbocycles. The first-order valence-electron chi connectivity index (χ1n) is 14.4. The molecule has 2 aliphatic heterocycles. The number of hydrogen-bond donors (Lipinski definition) is 2. The molecule has 2 N–H and O–H groups in total. The summed E-state index contributed by atoms with van der Waals surface area (Å²) in [5, 5.41) is 6.52. The molecule has 2 bridgehead atoms. The number of nitrogens with zero attached hydrogens (tertiary/aromatic N) is 4. The molecule has 4 heterocycles. The minimum Gasteiger partial charge on any atom is -0.374 e. The summed E-state index contributed by atoms with van der Waals surface area (Å²) in [5.74, 6) is 0.0676. The van der Waals surface area contributed by atoms with Crippen molar-refractivity contribution in [2.24, 2.45) is 0 Å². The van der Waals surface area contributed by atoms with Gasteiger partial charge in [0, 0.05) is 5.56 Å². The highest BCUT2D eigenvalue weighted by atomic mass is 16.6. The molecular formula is C33H32N6O4. The average molecular weight is 577 g/mol. The van der Waals surface area contributed by atoms with E-state index in [0.717, 1.165) is 17.7 Å². The number of anilines is 1. The molecule has 2 aliphatic rings. The molecule has 2 aromatic heterocycles. The van der Waals surface area contributed by atoms with Gasteiger partial charge in [-0.05, 0) is 36.2 Å². The van der Waals surface area contributed by atoms with Gasteiger partial charge in [0.05, 0.1) is 32.2 Å². The summed E-state index contributed by atoms with van der Waals surface area (Å²) < 4.78 is 21.7. The standard InChI is InChI=1S/C33H32N6O4/c40-31(25-14-8-3-9-15-25)38-29-27-30(36-21-35-29)39(22-37-27)32-26-28(42-19-24-12-6-2-7-13-24)33(43-32,16-17-34-26)20-41-18-23-10-4-1-5-11-23/h1-15,21-22,26,28,32,34H,16-20H2,(H,35,36,38,40)/t26-,28+,32-,33-/m1/s1. The van der Waals surface area contributed by atoms with Gasteiger partial charge in [0.25, 0.3) is 5.91 Å². The van der Waals surface area contributed by atoms with Gasteiger partial charge in [-0.15, -0.1) is 0 Å². The van der Waals surface area contributed by atoms with Crippen LogP contribution in [0.25, 0.3) is 11.2 Å². The van der Waals surface area contributed by atoms with Crippen molar-refractivity contribution < 1.29 is 19.0 Å². The van der Waals surface area contributed by atoms with Gasteiger partial charge in [-0.25, -0.2) is 15.0 Å². The summed E-state index contributed by atoms with van der Waals surface area (Å²) in [6.07, 6.45) is 3.07. The number of piperidine rings is 1. The molecule has 0 radical (unpaired) electrons. The number of hydrogen-bond acceptors (Lipinski definition) is 8. The van der Waals surface area contributed by atoms with E-state index >= 15 is 0 Å². The molecule has 5 aromatic rings. The fraction of sp³-hybridized carbons (Fsp3) is 0.273. The van der Waals surface area contributed by atoms with E-state index in [0.29, 0.717) is 48.8 Å². The molecule has 43 heavy (non-hydrogen) atoms. The molecule has 0 spiro atoms. The second-order valence-corrected chi connectivity index (χ2v) is 10.9. The molecular weight excluding hydrogens is 544 g/mol. The normalized spacial score (nSPS) is 22.9. The second-order valence-electron chi connectivity index (χ2n) is 10.9. The Kier molecular flexibility index (Phi) is 7.65. The van der Waals surface area contributed by atoms with Gasteiger partial charge in [-0.1, -0.05) is 78.9 Å². The van der Waals surface area contributed by atoms with Gasteiger partial charge >= 0.3 is 0 Å². The number of aromatic nitrogens is 4. The minimum absolute atomic E-state index is 0.187. The predicted molar refractivity (Wildman–Crippen MR) is 160 cm³/mol. The average Bonchev–Trinajstić information content (AvgIpc) is 3.55. The second kappa shape index (κ2) is 12.0. The summed E-state index contributed by atoms with van der Waals surface area (Å²) >= 11 is 0. The van der Waals surface area contributed by atoms with E-state index in [2.05, 4.69) is 49.9 Å². The number of benzene rings is 3. The van der Waals surface area contributed by atoms with Gasteiger partial charge in [0.2, 0.25) is 0 Å². The van der Waals surface area contributed by atoms with Gasteiger partial charge in [0.15, 0.2) is 23.2 Å². The third kappa shape index (κ3) is 5.53. The third-order valence-electron chi connectivity index (χ3n) is 8.07. The molecule has 10 nitrogen and oxygen atoms in total. The van der Waals surface area contributed by atoms with Gasteiger partial charge < -0.3 is 24.8 Å². The Bertz CT molecular complexity index is 1680. The minimum atomic E-state index is -0.682. The zero-order chi connectivity index (χ0) is 29.1. The molecule has 0 unspecified atom stereocenters. The zero-order valence-electron chi connectivity index (χ0n) is 23.5. The van der Waals surface area contributed by atoms with E-state index < -0.39 is 11.8 Å². The lowest BCUT2D eigenvalue weighted by Gasteiger charge is -2.38. The number of nitrogens with one attached hydrogen (secondary N) is 2. The van der Waals surface area contributed by atoms with Crippen molar-refractivity contribution in [3.63, 3.8) is 0 Å². The number of carbonyl (C=O) groups is 1. The van der Waals surface area contributed by atoms with Crippen molar-refractivity contribution in [3.8, 4) is 0 Å². The summed E-state index contributed by atoms with van der Waals surface area (Å²) in [5.41, 5.74) is 3.07. The summed E-state index contributed by atoms with van der Waals surface area (Å²) in [7, 11) is 0. The monoisotopic (exact) mass is 576 g/mol. The van der Waals surface area contributed by atoms with Crippen LogP contribution >= 0.6 is 0 Å². The first-order valence-corrected chi connectivity index (χ1v) is 14.4. The van der Waals surface area contributed by atoms with E-state index in [4.69, 9.17) is 14.2 Å². The predicted octanol–water partition coefficient (Wildman–Crippen LogP) is 4.51. The lowest BCUT2D eigenvalue weighted by molar-refractivity contribution is -0.160. The topological polar surface area (TPSA) is 112 Å². The van der Waals surface area contributed by atoms with Crippen molar-refractivity contribution in [1.82, 2.24) is 24.8 Å². The highest BCUT2D eigenvalue weighted by Gasteiger charge is 2.59. The highest BCUT2D eigenvalue weighted by molar-refractivity contribution is 6.06. The molecule has 10 heteroatoms. The van der Waals surface area contributed by atoms with E-state index in [1.807, 2.05) is 59.2 Å². The van der Waals surface area contributed by atoms with Crippen LogP contribution in [0.4, 0.5) is 5.82 Å². The zero-order valence-corrected chi connectivity index (χ0v) is 23.5. The number of fused-ring (bicyclic) bond motifs is 3. The Balaban J connectivity index is 1.17. The largest absolute Gasteiger partial charge is 0.374 e. The quantitative estimate of drug-likeness (QED) is 0.250. The maximum Gasteiger partial charge on any atom is 0.256 e. The molecule has 3 aromatic carbocycles. The summed E-state index contributed by atoms with van der Waals surface area (Å²) in [6.45, 7) is 2.05. The van der Waals surface area contributed by atoms with Crippen molar-refractivity contribution in [2.45, 2.75) is 43.6 Å². The molecule has 218 valence electrons. The van der Waals surface area contributed by atoms with Crippen LogP contribution in [0, 0.1) is 0 Å². The first-order chi connectivity index (χ1) is 21.2. The summed E-state index contributed by atoms with van der Waals surface area (Å²) in [6, 6.07) is 29.1. The van der Waals surface area contributed by atoms with Crippen LogP contribution in [0.3, 0.4) is 0 Å². The van der Waals surface area contributed by atoms with E-state index in [1.54, 1.807) is 18.5 Å². The molecule has 7 rings (SSSR count). The lowest BCUT2D eigenvalue weighted by Crippen LogP contribution is -2.58. The van der Waals surface area contributed by atoms with Gasteiger partial charge in [-0.3, -0.25) is 9.36 Å². The number of ether oxygens (including phenoxy) is 3. The molecule has 1 amide bonds. The number of carbonyl (C=O) groups excluding carboxylic acids is 1. The molecule has 0 saturated carbocycles. The SMILES string of the molecule is O=C(Nc1ncnc2c1ncn2[C@@H]1O[C@@]2(COCc3ccccc3)CCN[C@@H]1[C@@H]2OCc1ccccc1)c1ccccc1. The van der Waals surface area contributed by atoms with E-state index in [-0.39, 0.29) is 18.1 Å². The molecule has 2 saturated heterocycles. The fourth-order valence-electron chi connectivity index (χ4n) is 5.97. The Labute approximate surface area is 249 Å². The molecule has 2 fully saturated rings. The van der Waals surface area contributed by atoms with Crippen LogP contribution in [0.5, 0.6) is 0 Å². The van der Waals surface area contributed by atoms with Crippen molar-refractivity contribution in [3.05, 3.63) is 120 Å². The summed E-state index contributed by atoms with van der Waals surface area (Å²) in [4.78, 5) is 26.3. The van der Waals surface area contributed by atoms with Crippen LogP contribution in [0.1, 0.15) is 34.1 Å². The molecule has 4 atom stereocenters. The van der Waals surface area contributed by atoms with Gasteiger partial charge in [-0.2, -0.15) is 0 Å². The number of imidazole rings is 1. The first kappa shape index (κ1) is 27.4. The Morgan fingerprint density at radius 2 is 1.63 bits per heavy atom. The van der Waals surface area contributed by atoms with Gasteiger partial charge in [0.1, 0.15) is 18.0 Å². The van der Waals surface area contributed by atoms with E-state index in [9.17, 15) is 4.79 Å². The van der Waals surface area contributed by atoms with Crippen LogP contribution in [0.15, 0.2) is 104 Å². The maximum absolute atomic E-state index is 12.9.